The first-order valence-corrected chi connectivity index (χ1v) is 7.70. The van der Waals surface area contributed by atoms with E-state index >= 15 is 0 Å². The number of benzene rings is 1. The second-order valence-corrected chi connectivity index (χ2v) is 5.57. The molecule has 0 saturated carbocycles. The fourth-order valence-corrected chi connectivity index (χ4v) is 3.03. The lowest BCUT2D eigenvalue weighted by Gasteiger charge is -2.22. The van der Waals surface area contributed by atoms with Gasteiger partial charge < -0.3 is 10.3 Å². The lowest BCUT2D eigenvalue weighted by atomic mass is 10.2. The Balaban J connectivity index is 1.74. The zero-order valence-corrected chi connectivity index (χ0v) is 12.6. The highest BCUT2D eigenvalue weighted by molar-refractivity contribution is 5.92. The zero-order valence-electron chi connectivity index (χ0n) is 12.6. The van der Waals surface area contributed by atoms with E-state index < -0.39 is 0 Å². The second kappa shape index (κ2) is 6.27. The molecule has 0 radical (unpaired) electrons. The van der Waals surface area contributed by atoms with Crippen molar-refractivity contribution in [3.8, 4) is 0 Å². The van der Waals surface area contributed by atoms with Gasteiger partial charge in [0.1, 0.15) is 0 Å². The van der Waals surface area contributed by atoms with Crippen molar-refractivity contribution < 1.29 is 4.79 Å². The maximum absolute atomic E-state index is 12.2. The molecule has 1 atom stereocenters. The average Bonchev–Trinajstić information content (AvgIpc) is 3.00. The molecule has 1 aliphatic rings. The van der Waals surface area contributed by atoms with Gasteiger partial charge >= 0.3 is 0 Å². The molecule has 1 amide bonds. The minimum atomic E-state index is -0.328. The second-order valence-electron chi connectivity index (χ2n) is 5.57. The van der Waals surface area contributed by atoms with Crippen LogP contribution in [0.15, 0.2) is 29.1 Å². The lowest BCUT2D eigenvalue weighted by molar-refractivity contribution is 0.0931. The lowest BCUT2D eigenvalue weighted by Crippen LogP contribution is -2.40. The Hall–Kier alpha value is -2.21. The summed E-state index contributed by atoms with van der Waals surface area (Å²) < 4.78 is 0. The largest absolute Gasteiger partial charge is 0.348 e. The standard InChI is InChI=1S/C16H20N4O2/c1-2-20-9-5-6-11(20)10-17-16(22)14-18-13-8-4-3-7-12(13)15(21)19-14/h3-4,7-8,11H,2,5-6,9-10H2,1H3,(H,17,22)(H,18,19,21). The molecule has 1 saturated heterocycles. The molecule has 1 aromatic carbocycles. The maximum atomic E-state index is 12.2. The minimum absolute atomic E-state index is 0.0738. The molecule has 2 N–H and O–H groups in total. The molecule has 2 heterocycles. The first kappa shape index (κ1) is 14.7. The van der Waals surface area contributed by atoms with Gasteiger partial charge in [0.2, 0.25) is 0 Å². The summed E-state index contributed by atoms with van der Waals surface area (Å²) >= 11 is 0. The van der Waals surface area contributed by atoms with Gasteiger partial charge in [0.15, 0.2) is 5.82 Å². The summed E-state index contributed by atoms with van der Waals surface area (Å²) in [7, 11) is 0. The Morgan fingerprint density at radius 1 is 1.45 bits per heavy atom. The van der Waals surface area contributed by atoms with Gasteiger partial charge in [-0.3, -0.25) is 14.5 Å². The number of aromatic amines is 1. The number of fused-ring (bicyclic) bond motifs is 1. The normalized spacial score (nSPS) is 18.7. The third kappa shape index (κ3) is 2.87. The molecule has 2 aromatic rings. The van der Waals surface area contributed by atoms with Crippen molar-refractivity contribution in [2.45, 2.75) is 25.8 Å². The molecular formula is C16H20N4O2. The van der Waals surface area contributed by atoms with Crippen LogP contribution in [0.4, 0.5) is 0 Å². The molecular weight excluding hydrogens is 280 g/mol. The number of carbonyl (C=O) groups is 1. The SMILES string of the molecule is CCN1CCCC1CNC(=O)c1nc2ccccc2c(=O)[nH]1. The van der Waals surface area contributed by atoms with Crippen molar-refractivity contribution in [3.63, 3.8) is 0 Å². The molecule has 116 valence electrons. The van der Waals surface area contributed by atoms with Crippen molar-refractivity contribution in [1.82, 2.24) is 20.2 Å². The fourth-order valence-electron chi connectivity index (χ4n) is 3.03. The van der Waals surface area contributed by atoms with E-state index in [0.717, 1.165) is 19.5 Å². The van der Waals surface area contributed by atoms with Crippen molar-refractivity contribution in [1.29, 1.82) is 0 Å². The summed E-state index contributed by atoms with van der Waals surface area (Å²) in [5, 5.41) is 3.38. The molecule has 0 bridgehead atoms. The predicted octanol–water partition coefficient (Wildman–Crippen LogP) is 1.14. The van der Waals surface area contributed by atoms with E-state index in [-0.39, 0.29) is 17.3 Å². The molecule has 22 heavy (non-hydrogen) atoms. The van der Waals surface area contributed by atoms with Crippen molar-refractivity contribution in [2.75, 3.05) is 19.6 Å². The van der Waals surface area contributed by atoms with Crippen LogP contribution >= 0.6 is 0 Å². The van der Waals surface area contributed by atoms with Gasteiger partial charge in [0.25, 0.3) is 11.5 Å². The van der Waals surface area contributed by atoms with Crippen LogP contribution < -0.4 is 10.9 Å². The molecule has 6 heteroatoms. The molecule has 1 unspecified atom stereocenters. The van der Waals surface area contributed by atoms with Crippen molar-refractivity contribution >= 4 is 16.8 Å². The van der Waals surface area contributed by atoms with Gasteiger partial charge in [-0.2, -0.15) is 0 Å². The Labute approximate surface area is 128 Å². The van der Waals surface area contributed by atoms with Crippen LogP contribution in [0, 0.1) is 0 Å². The summed E-state index contributed by atoms with van der Waals surface area (Å²) in [5.41, 5.74) is 0.249. The highest BCUT2D eigenvalue weighted by Crippen LogP contribution is 2.15. The summed E-state index contributed by atoms with van der Waals surface area (Å²) in [6.45, 7) is 4.79. The number of para-hydroxylation sites is 1. The Bertz CT molecular complexity index is 740. The van der Waals surface area contributed by atoms with Gasteiger partial charge in [0.05, 0.1) is 10.9 Å². The van der Waals surface area contributed by atoms with Gasteiger partial charge in [0, 0.05) is 12.6 Å². The maximum Gasteiger partial charge on any atom is 0.287 e. The number of amides is 1. The number of H-pyrrole nitrogens is 1. The van der Waals surface area contributed by atoms with E-state index in [2.05, 4.69) is 27.1 Å². The number of rotatable bonds is 4. The highest BCUT2D eigenvalue weighted by Gasteiger charge is 2.23. The quantitative estimate of drug-likeness (QED) is 0.887. The number of carbonyl (C=O) groups excluding carboxylic acids is 1. The number of likely N-dealkylation sites (tertiary alicyclic amines) is 1. The molecule has 6 nitrogen and oxygen atoms in total. The van der Waals surface area contributed by atoms with Crippen LogP contribution in [-0.2, 0) is 0 Å². The summed E-state index contributed by atoms with van der Waals surface area (Å²) in [5.74, 6) is -0.254. The number of nitrogens with one attached hydrogen (secondary N) is 2. The average molecular weight is 300 g/mol. The van der Waals surface area contributed by atoms with Gasteiger partial charge in [-0.25, -0.2) is 4.98 Å². The van der Waals surface area contributed by atoms with E-state index in [1.165, 1.54) is 6.42 Å². The van der Waals surface area contributed by atoms with Gasteiger partial charge in [-0.15, -0.1) is 0 Å². The Morgan fingerprint density at radius 2 is 2.27 bits per heavy atom. The monoisotopic (exact) mass is 300 g/mol. The van der Waals surface area contributed by atoms with E-state index in [9.17, 15) is 9.59 Å². The number of nitrogens with zero attached hydrogens (tertiary/aromatic N) is 2. The first-order valence-electron chi connectivity index (χ1n) is 7.70. The molecule has 0 spiro atoms. The zero-order chi connectivity index (χ0) is 15.5. The van der Waals surface area contributed by atoms with E-state index in [4.69, 9.17) is 0 Å². The number of likely N-dealkylation sites (N-methyl/N-ethyl adjacent to an activating group) is 1. The van der Waals surface area contributed by atoms with Crippen LogP contribution in [0.2, 0.25) is 0 Å². The summed E-state index contributed by atoms with van der Waals surface area (Å²) in [6, 6.07) is 7.38. The van der Waals surface area contributed by atoms with Crippen LogP contribution in [0.3, 0.4) is 0 Å². The van der Waals surface area contributed by atoms with Gasteiger partial charge in [-0.1, -0.05) is 19.1 Å². The van der Waals surface area contributed by atoms with Gasteiger partial charge in [-0.05, 0) is 38.1 Å². The van der Waals surface area contributed by atoms with E-state index in [0.29, 0.717) is 23.5 Å². The van der Waals surface area contributed by atoms with Crippen molar-refractivity contribution in [3.05, 3.63) is 40.4 Å². The van der Waals surface area contributed by atoms with Crippen LogP contribution in [0.5, 0.6) is 0 Å². The summed E-state index contributed by atoms with van der Waals surface area (Å²) in [6.07, 6.45) is 2.26. The van der Waals surface area contributed by atoms with Crippen LogP contribution in [0.1, 0.15) is 30.4 Å². The van der Waals surface area contributed by atoms with E-state index in [1.54, 1.807) is 24.3 Å². The summed E-state index contributed by atoms with van der Waals surface area (Å²) in [4.78, 5) is 33.4. The molecule has 1 fully saturated rings. The predicted molar refractivity (Wildman–Crippen MR) is 85.0 cm³/mol. The topological polar surface area (TPSA) is 78.1 Å². The van der Waals surface area contributed by atoms with E-state index in [1.807, 2.05) is 0 Å². The Kier molecular flexibility index (Phi) is 4.20. The molecule has 3 rings (SSSR count). The molecule has 0 aliphatic carbocycles. The minimum Gasteiger partial charge on any atom is -0.348 e. The number of aromatic nitrogens is 2. The smallest absolute Gasteiger partial charge is 0.287 e. The Morgan fingerprint density at radius 3 is 3.09 bits per heavy atom. The van der Waals surface area contributed by atoms with Crippen LogP contribution in [-0.4, -0.2) is 46.5 Å². The molecule has 1 aromatic heterocycles. The number of hydrogen-bond acceptors (Lipinski definition) is 4. The number of hydrogen-bond donors (Lipinski definition) is 2. The van der Waals surface area contributed by atoms with Crippen molar-refractivity contribution in [2.24, 2.45) is 0 Å². The third-order valence-corrected chi connectivity index (χ3v) is 4.23. The van der Waals surface area contributed by atoms with Crippen LogP contribution in [0.25, 0.3) is 10.9 Å². The first-order chi connectivity index (χ1) is 10.7. The molecule has 1 aliphatic heterocycles. The highest BCUT2D eigenvalue weighted by atomic mass is 16.2. The third-order valence-electron chi connectivity index (χ3n) is 4.23. The fraction of sp³-hybridized carbons (Fsp3) is 0.438.